The maximum atomic E-state index is 12.2. The van der Waals surface area contributed by atoms with E-state index in [1.54, 1.807) is 0 Å². The summed E-state index contributed by atoms with van der Waals surface area (Å²) in [4.78, 5) is 12.2. The molecule has 4 nitrogen and oxygen atoms in total. The predicted molar refractivity (Wildman–Crippen MR) is 124 cm³/mol. The third kappa shape index (κ3) is 9.96. The SMILES string of the molecule is CCCCCC(O)CC=C1CC[C@@H](O)[C@@H]1CCCCCC(C(=O)OCC)C(C)CC. The Bertz CT molecular complexity index is 487. The van der Waals surface area contributed by atoms with E-state index in [4.69, 9.17) is 4.74 Å². The van der Waals surface area contributed by atoms with Crippen LogP contribution in [-0.2, 0) is 9.53 Å². The summed E-state index contributed by atoms with van der Waals surface area (Å²) < 4.78 is 5.27. The molecular weight excluding hydrogens is 376 g/mol. The first-order valence-electron chi connectivity index (χ1n) is 12.7. The summed E-state index contributed by atoms with van der Waals surface area (Å²) in [5.41, 5.74) is 1.35. The molecule has 1 rings (SSSR count). The molecule has 0 aromatic heterocycles. The molecule has 1 fully saturated rings. The van der Waals surface area contributed by atoms with Gasteiger partial charge in [0.1, 0.15) is 0 Å². The molecular formula is C26H48O4. The summed E-state index contributed by atoms with van der Waals surface area (Å²) in [5, 5.41) is 20.6. The van der Waals surface area contributed by atoms with Crippen molar-refractivity contribution in [2.45, 2.75) is 123 Å². The molecule has 5 atom stereocenters. The van der Waals surface area contributed by atoms with E-state index in [-0.39, 0.29) is 30.0 Å². The van der Waals surface area contributed by atoms with Crippen LogP contribution >= 0.6 is 0 Å². The molecule has 4 heteroatoms. The smallest absolute Gasteiger partial charge is 0.309 e. The molecule has 0 amide bonds. The van der Waals surface area contributed by atoms with Crippen molar-refractivity contribution in [3.05, 3.63) is 11.6 Å². The Labute approximate surface area is 185 Å². The Morgan fingerprint density at radius 2 is 1.87 bits per heavy atom. The number of esters is 1. The monoisotopic (exact) mass is 424 g/mol. The Balaban J connectivity index is 2.40. The van der Waals surface area contributed by atoms with Gasteiger partial charge >= 0.3 is 5.97 Å². The molecule has 0 saturated heterocycles. The predicted octanol–water partition coefficient (Wildman–Crippen LogP) is 6.19. The molecule has 30 heavy (non-hydrogen) atoms. The number of aliphatic hydroxyl groups excluding tert-OH is 2. The van der Waals surface area contributed by atoms with E-state index < -0.39 is 0 Å². The second kappa shape index (κ2) is 15.9. The molecule has 2 N–H and O–H groups in total. The third-order valence-electron chi connectivity index (χ3n) is 6.91. The normalized spacial score (nSPS) is 23.5. The van der Waals surface area contributed by atoms with Gasteiger partial charge in [0.25, 0.3) is 0 Å². The van der Waals surface area contributed by atoms with Gasteiger partial charge in [-0.2, -0.15) is 0 Å². The van der Waals surface area contributed by atoms with Crippen molar-refractivity contribution in [2.24, 2.45) is 17.8 Å². The van der Waals surface area contributed by atoms with Crippen LogP contribution in [0.15, 0.2) is 11.6 Å². The van der Waals surface area contributed by atoms with E-state index in [1.165, 1.54) is 18.4 Å². The lowest BCUT2D eigenvalue weighted by Gasteiger charge is -2.21. The van der Waals surface area contributed by atoms with Gasteiger partial charge in [-0.05, 0) is 51.4 Å². The molecule has 176 valence electrons. The van der Waals surface area contributed by atoms with Gasteiger partial charge in [-0.25, -0.2) is 0 Å². The number of carbonyl (C=O) groups is 1. The van der Waals surface area contributed by atoms with Crippen molar-refractivity contribution >= 4 is 5.97 Å². The number of rotatable bonds is 16. The quantitative estimate of drug-likeness (QED) is 0.176. The average molecular weight is 425 g/mol. The minimum absolute atomic E-state index is 0.0108. The number of unbranched alkanes of at least 4 members (excludes halogenated alkanes) is 4. The lowest BCUT2D eigenvalue weighted by atomic mass is 9.86. The summed E-state index contributed by atoms with van der Waals surface area (Å²) in [6.45, 7) is 8.78. The fraction of sp³-hybridized carbons (Fsp3) is 0.885. The van der Waals surface area contributed by atoms with Crippen LogP contribution in [0.4, 0.5) is 0 Å². The fourth-order valence-corrected chi connectivity index (χ4v) is 4.69. The molecule has 1 saturated carbocycles. The lowest BCUT2D eigenvalue weighted by molar-refractivity contribution is -0.150. The molecule has 0 heterocycles. The van der Waals surface area contributed by atoms with Gasteiger partial charge in [0.2, 0.25) is 0 Å². The van der Waals surface area contributed by atoms with Crippen molar-refractivity contribution in [3.8, 4) is 0 Å². The summed E-state index contributed by atoms with van der Waals surface area (Å²) in [6, 6.07) is 0. The van der Waals surface area contributed by atoms with Crippen LogP contribution in [0.5, 0.6) is 0 Å². The fourth-order valence-electron chi connectivity index (χ4n) is 4.69. The van der Waals surface area contributed by atoms with Gasteiger partial charge in [0.05, 0.1) is 24.7 Å². The maximum Gasteiger partial charge on any atom is 0.309 e. The van der Waals surface area contributed by atoms with E-state index in [0.717, 1.165) is 70.6 Å². The highest BCUT2D eigenvalue weighted by atomic mass is 16.5. The Morgan fingerprint density at radius 1 is 1.13 bits per heavy atom. The second-order valence-electron chi connectivity index (χ2n) is 9.26. The summed E-state index contributed by atoms with van der Waals surface area (Å²) in [6.07, 6.45) is 14.7. The first kappa shape index (κ1) is 27.2. The van der Waals surface area contributed by atoms with Crippen LogP contribution in [0.3, 0.4) is 0 Å². The van der Waals surface area contributed by atoms with E-state index in [9.17, 15) is 15.0 Å². The molecule has 3 unspecified atom stereocenters. The molecule has 0 bridgehead atoms. The number of hydrogen-bond donors (Lipinski definition) is 2. The zero-order valence-electron chi connectivity index (χ0n) is 20.1. The average Bonchev–Trinajstić information content (AvgIpc) is 3.08. The van der Waals surface area contributed by atoms with Crippen molar-refractivity contribution in [1.82, 2.24) is 0 Å². The molecule has 0 aromatic carbocycles. The first-order valence-corrected chi connectivity index (χ1v) is 12.7. The minimum Gasteiger partial charge on any atom is -0.466 e. The standard InChI is InChI=1S/C26H48O4/c1-5-8-10-13-22(27)18-16-21-17-19-25(28)24(21)15-12-9-11-14-23(20(4)6-2)26(29)30-7-3/h16,20,22-25,27-28H,5-15,17-19H2,1-4H3/t20?,22?,23?,24-,25-/m1/s1. The molecule has 0 spiro atoms. The Kier molecular flexibility index (Phi) is 14.4. The van der Waals surface area contributed by atoms with Gasteiger partial charge in [0, 0.05) is 5.92 Å². The number of carbonyl (C=O) groups excluding carboxylic acids is 1. The van der Waals surface area contributed by atoms with Crippen LogP contribution in [0.1, 0.15) is 111 Å². The Hall–Kier alpha value is -0.870. The van der Waals surface area contributed by atoms with E-state index in [1.807, 2.05) is 6.92 Å². The van der Waals surface area contributed by atoms with E-state index >= 15 is 0 Å². The van der Waals surface area contributed by atoms with Gasteiger partial charge in [0.15, 0.2) is 0 Å². The number of aliphatic hydroxyl groups is 2. The number of hydrogen-bond acceptors (Lipinski definition) is 4. The minimum atomic E-state index is -0.247. The molecule has 0 aliphatic heterocycles. The van der Waals surface area contributed by atoms with Crippen LogP contribution in [0, 0.1) is 17.8 Å². The van der Waals surface area contributed by atoms with Gasteiger partial charge in [-0.1, -0.05) is 77.4 Å². The highest BCUT2D eigenvalue weighted by Gasteiger charge is 2.29. The van der Waals surface area contributed by atoms with Crippen LogP contribution in [-0.4, -0.2) is 35.0 Å². The highest BCUT2D eigenvalue weighted by molar-refractivity contribution is 5.72. The van der Waals surface area contributed by atoms with Gasteiger partial charge in [-0.3, -0.25) is 4.79 Å². The van der Waals surface area contributed by atoms with Crippen molar-refractivity contribution in [2.75, 3.05) is 6.61 Å². The van der Waals surface area contributed by atoms with Crippen LogP contribution < -0.4 is 0 Å². The van der Waals surface area contributed by atoms with E-state index in [2.05, 4.69) is 26.8 Å². The van der Waals surface area contributed by atoms with Crippen LogP contribution in [0.2, 0.25) is 0 Å². The van der Waals surface area contributed by atoms with Crippen molar-refractivity contribution in [1.29, 1.82) is 0 Å². The second-order valence-corrected chi connectivity index (χ2v) is 9.26. The summed E-state index contributed by atoms with van der Waals surface area (Å²) in [5.74, 6) is 0.583. The molecule has 1 aliphatic rings. The Morgan fingerprint density at radius 3 is 2.53 bits per heavy atom. The van der Waals surface area contributed by atoms with Gasteiger partial charge in [-0.15, -0.1) is 0 Å². The zero-order chi connectivity index (χ0) is 22.4. The largest absolute Gasteiger partial charge is 0.466 e. The van der Waals surface area contributed by atoms with Crippen LogP contribution in [0.25, 0.3) is 0 Å². The maximum absolute atomic E-state index is 12.2. The first-order chi connectivity index (χ1) is 14.4. The van der Waals surface area contributed by atoms with Gasteiger partial charge < -0.3 is 14.9 Å². The third-order valence-corrected chi connectivity index (χ3v) is 6.91. The summed E-state index contributed by atoms with van der Waals surface area (Å²) >= 11 is 0. The number of ether oxygens (including phenoxy) is 1. The topological polar surface area (TPSA) is 66.8 Å². The van der Waals surface area contributed by atoms with Crippen molar-refractivity contribution in [3.63, 3.8) is 0 Å². The molecule has 0 aromatic rings. The van der Waals surface area contributed by atoms with Crippen molar-refractivity contribution < 1.29 is 19.7 Å². The van der Waals surface area contributed by atoms with E-state index in [0.29, 0.717) is 12.5 Å². The lowest BCUT2D eigenvalue weighted by Crippen LogP contribution is -2.24. The summed E-state index contributed by atoms with van der Waals surface area (Å²) in [7, 11) is 0. The zero-order valence-corrected chi connectivity index (χ0v) is 20.1. The molecule has 0 radical (unpaired) electrons. The molecule has 1 aliphatic carbocycles. The highest BCUT2D eigenvalue weighted by Crippen LogP contribution is 2.36.